The fourth-order valence-corrected chi connectivity index (χ4v) is 1.63. The molecule has 0 saturated heterocycles. The summed E-state index contributed by atoms with van der Waals surface area (Å²) in [6, 6.07) is 0. The molecule has 17 heavy (non-hydrogen) atoms. The van der Waals surface area contributed by atoms with Crippen molar-refractivity contribution in [2.45, 2.75) is 13.8 Å². The van der Waals surface area contributed by atoms with E-state index in [0.717, 1.165) is 0 Å². The molecule has 1 heterocycles. The second kappa shape index (κ2) is 6.74. The van der Waals surface area contributed by atoms with Crippen LogP contribution >= 0.6 is 11.3 Å². The van der Waals surface area contributed by atoms with Gasteiger partial charge in [-0.05, 0) is 13.8 Å². The summed E-state index contributed by atoms with van der Waals surface area (Å²) < 4.78 is 9.92. The molecular weight excluding hydrogens is 244 g/mol. The molecule has 0 aromatic carbocycles. The minimum absolute atomic E-state index is 0.229. The normalized spacial score (nSPS) is 9.53. The van der Waals surface area contributed by atoms with Crippen molar-refractivity contribution >= 4 is 23.5 Å². The smallest absolute Gasteiger partial charge is 0.405 e. The van der Waals surface area contributed by atoms with Gasteiger partial charge in [0, 0.05) is 23.8 Å². The van der Waals surface area contributed by atoms with Crippen molar-refractivity contribution in [3.05, 3.63) is 10.8 Å². The van der Waals surface area contributed by atoms with Gasteiger partial charge >= 0.3 is 12.2 Å². The van der Waals surface area contributed by atoms with Crippen LogP contribution in [0.15, 0.2) is 10.8 Å². The average Bonchev–Trinajstić information content (AvgIpc) is 2.66. The van der Waals surface area contributed by atoms with Crippen molar-refractivity contribution < 1.29 is 19.1 Å². The predicted octanol–water partition coefficient (Wildman–Crippen LogP) is 1.96. The number of ether oxygens (including phenoxy) is 2. The Labute approximate surface area is 103 Å². The molecule has 0 aliphatic rings. The van der Waals surface area contributed by atoms with Gasteiger partial charge in [-0.25, -0.2) is 9.59 Å². The molecule has 7 heteroatoms. The lowest BCUT2D eigenvalue weighted by atomic mass is 10.5. The SMILES string of the molecule is CCNC(=O)Oc1cscc1OC(=O)NCC. The third kappa shape index (κ3) is 4.31. The fourth-order valence-electron chi connectivity index (χ4n) is 0.983. The molecule has 0 aliphatic heterocycles. The van der Waals surface area contributed by atoms with Crippen LogP contribution in [0.2, 0.25) is 0 Å². The lowest BCUT2D eigenvalue weighted by Gasteiger charge is -2.06. The summed E-state index contributed by atoms with van der Waals surface area (Å²) in [5, 5.41) is 8.13. The maximum absolute atomic E-state index is 11.2. The van der Waals surface area contributed by atoms with Crippen LogP contribution < -0.4 is 20.1 Å². The summed E-state index contributed by atoms with van der Waals surface area (Å²) >= 11 is 1.28. The molecular formula is C10H14N2O4S. The Kier molecular flexibility index (Phi) is 5.28. The van der Waals surface area contributed by atoms with Gasteiger partial charge in [0.05, 0.1) is 0 Å². The zero-order valence-corrected chi connectivity index (χ0v) is 10.4. The molecule has 2 N–H and O–H groups in total. The van der Waals surface area contributed by atoms with Crippen LogP contribution in [0, 0.1) is 0 Å². The Bertz CT molecular complexity index is 357. The maximum Gasteiger partial charge on any atom is 0.412 e. The van der Waals surface area contributed by atoms with Crippen LogP contribution in [0.5, 0.6) is 11.5 Å². The number of thiophene rings is 1. The van der Waals surface area contributed by atoms with Gasteiger partial charge in [0.25, 0.3) is 0 Å². The summed E-state index contributed by atoms with van der Waals surface area (Å²) in [7, 11) is 0. The van der Waals surface area contributed by atoms with E-state index >= 15 is 0 Å². The Morgan fingerprint density at radius 2 is 1.47 bits per heavy atom. The molecule has 1 aromatic heterocycles. The average molecular weight is 258 g/mol. The van der Waals surface area contributed by atoms with Crippen molar-refractivity contribution in [1.29, 1.82) is 0 Å². The molecule has 0 radical (unpaired) electrons. The molecule has 0 atom stereocenters. The number of carbonyl (C=O) groups excluding carboxylic acids is 2. The van der Waals surface area contributed by atoms with Gasteiger partial charge in [-0.1, -0.05) is 0 Å². The number of hydrogen-bond acceptors (Lipinski definition) is 5. The highest BCUT2D eigenvalue weighted by Gasteiger charge is 2.13. The Morgan fingerprint density at radius 1 is 1.06 bits per heavy atom. The molecule has 0 aliphatic carbocycles. The summed E-state index contributed by atoms with van der Waals surface area (Å²) in [6.45, 7) is 4.49. The summed E-state index contributed by atoms with van der Waals surface area (Å²) in [5.41, 5.74) is 0. The summed E-state index contributed by atoms with van der Waals surface area (Å²) in [6.07, 6.45) is -1.15. The molecule has 0 unspecified atom stereocenters. The highest BCUT2D eigenvalue weighted by Crippen LogP contribution is 2.31. The molecule has 0 spiro atoms. The number of nitrogens with one attached hydrogen (secondary N) is 2. The van der Waals surface area contributed by atoms with Crippen LogP contribution in [-0.2, 0) is 0 Å². The van der Waals surface area contributed by atoms with Crippen molar-refractivity contribution in [3.63, 3.8) is 0 Å². The summed E-state index contributed by atoms with van der Waals surface area (Å²) in [4.78, 5) is 22.4. The number of carbonyl (C=O) groups is 2. The van der Waals surface area contributed by atoms with Crippen molar-refractivity contribution in [2.75, 3.05) is 13.1 Å². The predicted molar refractivity (Wildman–Crippen MR) is 63.7 cm³/mol. The van der Waals surface area contributed by atoms with E-state index in [0.29, 0.717) is 13.1 Å². The summed E-state index contributed by atoms with van der Waals surface area (Å²) in [5.74, 6) is 0.458. The molecule has 94 valence electrons. The molecule has 2 amide bonds. The van der Waals surface area contributed by atoms with Gasteiger partial charge in [-0.15, -0.1) is 11.3 Å². The molecule has 1 rings (SSSR count). The Morgan fingerprint density at radius 3 is 1.82 bits per heavy atom. The molecule has 0 bridgehead atoms. The van der Waals surface area contributed by atoms with Gasteiger partial charge in [0.15, 0.2) is 11.5 Å². The first-order valence-corrected chi connectivity index (χ1v) is 6.09. The number of amides is 2. The first-order valence-electron chi connectivity index (χ1n) is 5.14. The van der Waals surface area contributed by atoms with Crippen LogP contribution in [0.1, 0.15) is 13.8 Å². The van der Waals surface area contributed by atoms with E-state index in [1.54, 1.807) is 24.6 Å². The van der Waals surface area contributed by atoms with Crippen molar-refractivity contribution in [3.8, 4) is 11.5 Å². The van der Waals surface area contributed by atoms with E-state index in [4.69, 9.17) is 9.47 Å². The van der Waals surface area contributed by atoms with Gasteiger partial charge in [0.2, 0.25) is 0 Å². The van der Waals surface area contributed by atoms with E-state index in [2.05, 4.69) is 10.6 Å². The highest BCUT2D eigenvalue weighted by atomic mass is 32.1. The third-order valence-corrected chi connectivity index (χ3v) is 2.34. The first kappa shape index (κ1) is 13.3. The van der Waals surface area contributed by atoms with Gasteiger partial charge < -0.3 is 20.1 Å². The first-order chi connectivity index (χ1) is 8.17. The zero-order chi connectivity index (χ0) is 12.7. The van der Waals surface area contributed by atoms with Crippen LogP contribution in [0.25, 0.3) is 0 Å². The lowest BCUT2D eigenvalue weighted by molar-refractivity contribution is 0.191. The largest absolute Gasteiger partial charge is 0.412 e. The van der Waals surface area contributed by atoms with Crippen molar-refractivity contribution in [2.24, 2.45) is 0 Å². The van der Waals surface area contributed by atoms with Crippen molar-refractivity contribution in [1.82, 2.24) is 10.6 Å². The molecule has 0 saturated carbocycles. The van der Waals surface area contributed by atoms with Crippen LogP contribution in [0.4, 0.5) is 9.59 Å². The standard InChI is InChI=1S/C10H14N2O4S/c1-3-11-9(13)15-7-5-17-6-8(7)16-10(14)12-4-2/h5-6H,3-4H2,1-2H3,(H,11,13)(H,12,14). The van der Waals surface area contributed by atoms with Crippen LogP contribution in [0.3, 0.4) is 0 Å². The zero-order valence-electron chi connectivity index (χ0n) is 9.61. The van der Waals surface area contributed by atoms with E-state index in [1.807, 2.05) is 0 Å². The Balaban J connectivity index is 2.59. The van der Waals surface area contributed by atoms with E-state index in [-0.39, 0.29) is 11.5 Å². The quantitative estimate of drug-likeness (QED) is 0.865. The topological polar surface area (TPSA) is 76.7 Å². The molecule has 1 aromatic rings. The van der Waals surface area contributed by atoms with Gasteiger partial charge in [-0.2, -0.15) is 0 Å². The minimum atomic E-state index is -0.577. The monoisotopic (exact) mass is 258 g/mol. The van der Waals surface area contributed by atoms with Gasteiger partial charge in [-0.3, -0.25) is 0 Å². The van der Waals surface area contributed by atoms with E-state index in [1.165, 1.54) is 11.3 Å². The molecule has 6 nitrogen and oxygen atoms in total. The van der Waals surface area contributed by atoms with E-state index < -0.39 is 12.2 Å². The van der Waals surface area contributed by atoms with Crippen LogP contribution in [-0.4, -0.2) is 25.3 Å². The lowest BCUT2D eigenvalue weighted by Crippen LogP contribution is -2.28. The van der Waals surface area contributed by atoms with E-state index in [9.17, 15) is 9.59 Å². The highest BCUT2D eigenvalue weighted by molar-refractivity contribution is 7.08. The number of hydrogen-bond donors (Lipinski definition) is 2. The van der Waals surface area contributed by atoms with Gasteiger partial charge in [0.1, 0.15) is 0 Å². The fraction of sp³-hybridized carbons (Fsp3) is 0.400. The minimum Gasteiger partial charge on any atom is -0.405 e. The maximum atomic E-state index is 11.2. The second-order valence-electron chi connectivity index (χ2n) is 2.94. The Hall–Kier alpha value is -1.76. The molecule has 0 fully saturated rings. The third-order valence-electron chi connectivity index (χ3n) is 1.64. The second-order valence-corrected chi connectivity index (χ2v) is 3.68. The number of rotatable bonds is 4.